The number of carbonyl (C=O) groups excluding carboxylic acids is 2. The fraction of sp³-hybridized carbons (Fsp3) is 0.286. The van der Waals surface area contributed by atoms with Crippen LogP contribution in [0.3, 0.4) is 0 Å². The molecule has 35 heavy (non-hydrogen) atoms. The Morgan fingerprint density at radius 3 is 2.23 bits per heavy atom. The van der Waals surface area contributed by atoms with Gasteiger partial charge < -0.3 is 24.3 Å². The van der Waals surface area contributed by atoms with Crippen LogP contribution in [0.4, 0.5) is 5.69 Å². The summed E-state index contributed by atoms with van der Waals surface area (Å²) < 4.78 is 22.2. The summed E-state index contributed by atoms with van der Waals surface area (Å²) in [5, 5.41) is 2.85. The second-order valence-corrected chi connectivity index (χ2v) is 7.72. The Labute approximate surface area is 206 Å². The van der Waals surface area contributed by atoms with Gasteiger partial charge in [0.15, 0.2) is 11.5 Å². The second-order valence-electron chi connectivity index (χ2n) is 7.72. The molecule has 0 saturated carbocycles. The molecule has 3 aromatic carbocycles. The number of esters is 1. The molecule has 0 heterocycles. The highest BCUT2D eigenvalue weighted by molar-refractivity contribution is 6.04. The van der Waals surface area contributed by atoms with E-state index in [1.54, 1.807) is 49.6 Å². The van der Waals surface area contributed by atoms with Gasteiger partial charge in [0.2, 0.25) is 0 Å². The summed E-state index contributed by atoms with van der Waals surface area (Å²) in [6, 6.07) is 19.2. The Bertz CT molecular complexity index is 1130. The van der Waals surface area contributed by atoms with Gasteiger partial charge in [0.05, 0.1) is 25.9 Å². The topological polar surface area (TPSA) is 83.1 Å². The lowest BCUT2D eigenvalue weighted by atomic mass is 10.1. The maximum absolute atomic E-state index is 12.9. The molecule has 7 heteroatoms. The van der Waals surface area contributed by atoms with E-state index in [4.69, 9.17) is 18.9 Å². The molecule has 184 valence electrons. The minimum Gasteiger partial charge on any atom is -0.493 e. The first-order valence-electron chi connectivity index (χ1n) is 11.7. The zero-order valence-corrected chi connectivity index (χ0v) is 20.3. The number of rotatable bonds is 12. The molecule has 3 rings (SSSR count). The van der Waals surface area contributed by atoms with Crippen LogP contribution in [0, 0.1) is 0 Å². The lowest BCUT2D eigenvalue weighted by molar-refractivity contribution is 0.0499. The SMILES string of the molecule is CCCCOC(=O)c1ccc(NC(=O)c2ccc(OCC)c(COc3ccccc3OC)c2)cc1. The Morgan fingerprint density at radius 1 is 0.829 bits per heavy atom. The van der Waals surface area contributed by atoms with E-state index in [-0.39, 0.29) is 18.5 Å². The molecule has 0 aliphatic carbocycles. The predicted octanol–water partition coefficient (Wildman–Crippen LogP) is 5.88. The molecule has 0 bridgehead atoms. The summed E-state index contributed by atoms with van der Waals surface area (Å²) in [5.41, 5.74) is 2.20. The molecular formula is C28H31NO6. The maximum atomic E-state index is 12.9. The van der Waals surface area contributed by atoms with Crippen molar-refractivity contribution in [2.24, 2.45) is 0 Å². The number of hydrogen-bond acceptors (Lipinski definition) is 6. The van der Waals surface area contributed by atoms with Gasteiger partial charge in [-0.1, -0.05) is 25.5 Å². The van der Waals surface area contributed by atoms with Crippen LogP contribution in [0.25, 0.3) is 0 Å². The van der Waals surface area contributed by atoms with Crippen molar-refractivity contribution in [3.8, 4) is 17.2 Å². The van der Waals surface area contributed by atoms with Crippen molar-refractivity contribution in [2.45, 2.75) is 33.3 Å². The van der Waals surface area contributed by atoms with Crippen LogP contribution in [0.1, 0.15) is 53.0 Å². The fourth-order valence-electron chi connectivity index (χ4n) is 3.31. The first-order chi connectivity index (χ1) is 17.0. The fourth-order valence-corrected chi connectivity index (χ4v) is 3.31. The van der Waals surface area contributed by atoms with Crippen LogP contribution in [0.15, 0.2) is 66.7 Å². The Hall–Kier alpha value is -4.00. The van der Waals surface area contributed by atoms with Crippen molar-refractivity contribution in [1.29, 1.82) is 0 Å². The first-order valence-corrected chi connectivity index (χ1v) is 11.7. The summed E-state index contributed by atoms with van der Waals surface area (Å²) in [7, 11) is 1.58. The number of ether oxygens (including phenoxy) is 4. The van der Waals surface area contributed by atoms with E-state index in [0.29, 0.717) is 47.3 Å². The standard InChI is InChI=1S/C28H31NO6/c1-4-6-17-34-28(31)20-11-14-23(15-12-20)29-27(30)21-13-16-24(33-5-2)22(18-21)19-35-26-10-8-7-9-25(26)32-3/h7-16,18H,4-6,17,19H2,1-3H3,(H,29,30). The van der Waals surface area contributed by atoms with Gasteiger partial charge in [-0.2, -0.15) is 0 Å². The molecule has 1 amide bonds. The van der Waals surface area contributed by atoms with Crippen molar-refractivity contribution < 1.29 is 28.5 Å². The maximum Gasteiger partial charge on any atom is 0.338 e. The summed E-state index contributed by atoms with van der Waals surface area (Å²) >= 11 is 0. The molecule has 0 unspecified atom stereocenters. The van der Waals surface area contributed by atoms with Gasteiger partial charge in [-0.15, -0.1) is 0 Å². The van der Waals surface area contributed by atoms with Crippen LogP contribution < -0.4 is 19.5 Å². The third kappa shape index (κ3) is 7.24. The second kappa shape index (κ2) is 13.0. The van der Waals surface area contributed by atoms with Gasteiger partial charge in [0.25, 0.3) is 5.91 Å². The lowest BCUT2D eigenvalue weighted by Crippen LogP contribution is -2.13. The molecule has 0 fully saturated rings. The average molecular weight is 478 g/mol. The van der Waals surface area contributed by atoms with Gasteiger partial charge in [-0.25, -0.2) is 4.79 Å². The Kier molecular flexibility index (Phi) is 9.54. The van der Waals surface area contributed by atoms with E-state index in [0.717, 1.165) is 18.4 Å². The first kappa shape index (κ1) is 25.6. The van der Waals surface area contributed by atoms with Crippen molar-refractivity contribution in [1.82, 2.24) is 0 Å². The number of amides is 1. The van der Waals surface area contributed by atoms with E-state index in [1.165, 1.54) is 0 Å². The molecule has 3 aromatic rings. The van der Waals surface area contributed by atoms with Crippen molar-refractivity contribution in [2.75, 3.05) is 25.6 Å². The summed E-state index contributed by atoms with van der Waals surface area (Å²) in [4.78, 5) is 25.0. The zero-order chi connectivity index (χ0) is 25.0. The third-order valence-corrected chi connectivity index (χ3v) is 5.18. The minimum absolute atomic E-state index is 0.200. The number of hydrogen-bond donors (Lipinski definition) is 1. The highest BCUT2D eigenvalue weighted by atomic mass is 16.5. The summed E-state index contributed by atoms with van der Waals surface area (Å²) in [5.74, 6) is 1.20. The van der Waals surface area contributed by atoms with E-state index >= 15 is 0 Å². The highest BCUT2D eigenvalue weighted by Gasteiger charge is 2.14. The molecule has 0 aliphatic rings. The monoisotopic (exact) mass is 477 g/mol. The van der Waals surface area contributed by atoms with Crippen LogP contribution in [-0.2, 0) is 11.3 Å². The largest absolute Gasteiger partial charge is 0.493 e. The Balaban J connectivity index is 1.69. The number of benzene rings is 3. The number of methoxy groups -OCH3 is 1. The van der Waals surface area contributed by atoms with Crippen LogP contribution in [0.5, 0.6) is 17.2 Å². The van der Waals surface area contributed by atoms with E-state index in [2.05, 4.69) is 5.32 Å². The van der Waals surface area contributed by atoms with Gasteiger partial charge >= 0.3 is 5.97 Å². The van der Waals surface area contributed by atoms with Crippen LogP contribution >= 0.6 is 0 Å². The molecule has 0 aromatic heterocycles. The molecular weight excluding hydrogens is 446 g/mol. The van der Waals surface area contributed by atoms with E-state index in [9.17, 15) is 9.59 Å². The van der Waals surface area contributed by atoms with Crippen molar-refractivity contribution in [3.63, 3.8) is 0 Å². The molecule has 0 saturated heterocycles. The van der Waals surface area contributed by atoms with Crippen molar-refractivity contribution >= 4 is 17.6 Å². The average Bonchev–Trinajstić information content (AvgIpc) is 2.88. The smallest absolute Gasteiger partial charge is 0.338 e. The molecule has 1 N–H and O–H groups in total. The molecule has 0 aliphatic heterocycles. The van der Waals surface area contributed by atoms with Gasteiger partial charge in [-0.3, -0.25) is 4.79 Å². The molecule has 0 radical (unpaired) electrons. The summed E-state index contributed by atoms with van der Waals surface area (Å²) in [6.07, 6.45) is 1.78. The minimum atomic E-state index is -0.373. The van der Waals surface area contributed by atoms with Crippen LogP contribution in [-0.4, -0.2) is 32.2 Å². The number of anilines is 1. The number of nitrogens with one attached hydrogen (secondary N) is 1. The number of para-hydroxylation sites is 2. The number of unbranched alkanes of at least 4 members (excludes halogenated alkanes) is 1. The number of carbonyl (C=O) groups is 2. The third-order valence-electron chi connectivity index (χ3n) is 5.18. The van der Waals surface area contributed by atoms with Gasteiger partial charge in [0.1, 0.15) is 12.4 Å². The zero-order valence-electron chi connectivity index (χ0n) is 20.3. The highest BCUT2D eigenvalue weighted by Crippen LogP contribution is 2.29. The molecule has 0 spiro atoms. The van der Waals surface area contributed by atoms with E-state index < -0.39 is 0 Å². The van der Waals surface area contributed by atoms with Gasteiger partial charge in [0, 0.05) is 16.8 Å². The normalized spacial score (nSPS) is 10.4. The van der Waals surface area contributed by atoms with Crippen LogP contribution in [0.2, 0.25) is 0 Å². The molecule has 0 atom stereocenters. The predicted molar refractivity (Wildman–Crippen MR) is 135 cm³/mol. The van der Waals surface area contributed by atoms with Gasteiger partial charge in [-0.05, 0) is 67.9 Å². The van der Waals surface area contributed by atoms with Crippen molar-refractivity contribution in [3.05, 3.63) is 83.4 Å². The lowest BCUT2D eigenvalue weighted by Gasteiger charge is -2.15. The quantitative estimate of drug-likeness (QED) is 0.259. The van der Waals surface area contributed by atoms with E-state index in [1.807, 2.05) is 38.1 Å². The molecule has 7 nitrogen and oxygen atoms in total. The summed E-state index contributed by atoms with van der Waals surface area (Å²) in [6.45, 7) is 5.02. The Morgan fingerprint density at radius 2 is 1.54 bits per heavy atom.